The molecule has 2 aromatic rings. The van der Waals surface area contributed by atoms with E-state index in [4.69, 9.17) is 16.4 Å². The minimum absolute atomic E-state index is 0.350. The van der Waals surface area contributed by atoms with Crippen molar-refractivity contribution in [2.24, 2.45) is 10.1 Å². The zero-order valence-electron chi connectivity index (χ0n) is 14.3. The summed E-state index contributed by atoms with van der Waals surface area (Å²) in [5.41, 5.74) is 3.50. The molecule has 1 aliphatic rings. The first-order valence-electron chi connectivity index (χ1n) is 7.94. The lowest BCUT2D eigenvalue weighted by Crippen LogP contribution is -2.07. The molecule has 1 unspecified atom stereocenters. The molecule has 25 heavy (non-hydrogen) atoms. The van der Waals surface area contributed by atoms with Crippen molar-refractivity contribution in [3.8, 4) is 0 Å². The molecule has 1 aliphatic heterocycles. The predicted molar refractivity (Wildman–Crippen MR) is 99.4 cm³/mol. The molecular formula is C19H19ClFN3O. The summed E-state index contributed by atoms with van der Waals surface area (Å²) < 4.78 is 14.6. The summed E-state index contributed by atoms with van der Waals surface area (Å²) in [6.45, 7) is 1.90. The average molecular weight is 360 g/mol. The van der Waals surface area contributed by atoms with E-state index < -0.39 is 6.10 Å². The van der Waals surface area contributed by atoms with Gasteiger partial charge in [-0.1, -0.05) is 35.0 Å². The van der Waals surface area contributed by atoms with Gasteiger partial charge < -0.3 is 9.74 Å². The molecule has 2 aromatic carbocycles. The largest absolute Gasteiger partial charge is 0.387 e. The molecule has 0 saturated carbocycles. The standard InChI is InChI=1S/C19H19ClFN3O/c1-12-8-14(16(21)9-17(12)22-11-24(2)3)19-10-18(23-25-19)13-6-4-5-7-15(13)20/h4-9,11,19H,10H2,1-3H3. The molecule has 1 atom stereocenters. The van der Waals surface area contributed by atoms with Crippen LogP contribution in [0.5, 0.6) is 0 Å². The van der Waals surface area contributed by atoms with Crippen LogP contribution in [0, 0.1) is 12.7 Å². The minimum Gasteiger partial charge on any atom is -0.387 e. The number of rotatable bonds is 4. The van der Waals surface area contributed by atoms with Crippen molar-refractivity contribution in [3.63, 3.8) is 0 Å². The minimum atomic E-state index is -0.461. The third-order valence-electron chi connectivity index (χ3n) is 3.94. The predicted octanol–water partition coefficient (Wildman–Crippen LogP) is 4.87. The highest BCUT2D eigenvalue weighted by Gasteiger charge is 2.27. The first kappa shape index (κ1) is 17.4. The lowest BCUT2D eigenvalue weighted by atomic mass is 9.98. The summed E-state index contributed by atoms with van der Waals surface area (Å²) in [5, 5.41) is 4.71. The Labute approximate surface area is 151 Å². The summed E-state index contributed by atoms with van der Waals surface area (Å²) in [4.78, 5) is 11.6. The average Bonchev–Trinajstić information content (AvgIpc) is 3.05. The molecule has 0 bridgehead atoms. The molecule has 0 N–H and O–H groups in total. The number of nitrogens with zero attached hydrogens (tertiary/aromatic N) is 3. The van der Waals surface area contributed by atoms with E-state index in [9.17, 15) is 4.39 Å². The maximum Gasteiger partial charge on any atom is 0.161 e. The van der Waals surface area contributed by atoms with Gasteiger partial charge in [-0.3, -0.25) is 0 Å². The van der Waals surface area contributed by atoms with Crippen molar-refractivity contribution in [3.05, 3.63) is 63.9 Å². The highest BCUT2D eigenvalue weighted by atomic mass is 35.5. The van der Waals surface area contributed by atoms with E-state index in [1.807, 2.05) is 39.2 Å². The van der Waals surface area contributed by atoms with Crippen molar-refractivity contribution in [1.29, 1.82) is 0 Å². The maximum absolute atomic E-state index is 14.6. The van der Waals surface area contributed by atoms with Gasteiger partial charge in [-0.2, -0.15) is 0 Å². The van der Waals surface area contributed by atoms with Crippen molar-refractivity contribution in [2.75, 3.05) is 14.1 Å². The van der Waals surface area contributed by atoms with Crippen molar-refractivity contribution in [2.45, 2.75) is 19.4 Å². The summed E-state index contributed by atoms with van der Waals surface area (Å²) in [6.07, 6.45) is 1.66. The smallest absolute Gasteiger partial charge is 0.161 e. The van der Waals surface area contributed by atoms with Crippen LogP contribution in [0.15, 0.2) is 46.5 Å². The number of aliphatic imine (C=N–C) groups is 1. The summed E-state index contributed by atoms with van der Waals surface area (Å²) in [6, 6.07) is 10.6. The molecule has 130 valence electrons. The van der Waals surface area contributed by atoms with Gasteiger partial charge in [0.15, 0.2) is 6.10 Å². The molecule has 3 rings (SSSR count). The number of hydrogen-bond acceptors (Lipinski definition) is 3. The van der Waals surface area contributed by atoms with Crippen molar-refractivity contribution >= 4 is 29.3 Å². The van der Waals surface area contributed by atoms with Crippen LogP contribution in [0.3, 0.4) is 0 Å². The zero-order valence-corrected chi connectivity index (χ0v) is 15.1. The molecule has 0 fully saturated rings. The van der Waals surface area contributed by atoms with Gasteiger partial charge in [-0.25, -0.2) is 9.38 Å². The van der Waals surface area contributed by atoms with Gasteiger partial charge in [-0.15, -0.1) is 0 Å². The Bertz CT molecular complexity index is 849. The van der Waals surface area contributed by atoms with Crippen LogP contribution < -0.4 is 0 Å². The normalized spacial score (nSPS) is 16.8. The lowest BCUT2D eigenvalue weighted by Gasteiger charge is -2.12. The first-order chi connectivity index (χ1) is 12.0. The number of halogens is 2. The number of benzene rings is 2. The Morgan fingerprint density at radius 2 is 2.08 bits per heavy atom. The van der Waals surface area contributed by atoms with E-state index in [2.05, 4.69) is 10.1 Å². The topological polar surface area (TPSA) is 37.2 Å². The Kier molecular flexibility index (Phi) is 5.04. The molecule has 0 spiro atoms. The van der Waals surface area contributed by atoms with Gasteiger partial charge in [-0.05, 0) is 24.6 Å². The second-order valence-electron chi connectivity index (χ2n) is 6.18. The number of oxime groups is 1. The second kappa shape index (κ2) is 7.23. The third-order valence-corrected chi connectivity index (χ3v) is 4.27. The van der Waals surface area contributed by atoms with Crippen LogP contribution in [0.2, 0.25) is 5.02 Å². The molecule has 1 heterocycles. The Balaban J connectivity index is 1.82. The van der Waals surface area contributed by atoms with Gasteiger partial charge in [0.25, 0.3) is 0 Å². The van der Waals surface area contributed by atoms with Gasteiger partial charge >= 0.3 is 0 Å². The molecule has 0 radical (unpaired) electrons. The molecule has 4 nitrogen and oxygen atoms in total. The highest BCUT2D eigenvalue weighted by Crippen LogP contribution is 2.35. The molecule has 0 aliphatic carbocycles. The summed E-state index contributed by atoms with van der Waals surface area (Å²) in [5.74, 6) is -0.350. The van der Waals surface area contributed by atoms with Crippen LogP contribution in [-0.4, -0.2) is 31.0 Å². The molecular weight excluding hydrogens is 341 g/mol. The van der Waals surface area contributed by atoms with Gasteiger partial charge in [0.05, 0.1) is 17.7 Å². The van der Waals surface area contributed by atoms with E-state index in [-0.39, 0.29) is 5.82 Å². The number of aryl methyl sites for hydroxylation is 1. The van der Waals surface area contributed by atoms with E-state index in [1.165, 1.54) is 6.07 Å². The lowest BCUT2D eigenvalue weighted by molar-refractivity contribution is 0.0829. The fourth-order valence-electron chi connectivity index (χ4n) is 2.66. The fourth-order valence-corrected chi connectivity index (χ4v) is 2.90. The van der Waals surface area contributed by atoms with Gasteiger partial charge in [0.1, 0.15) is 5.82 Å². The monoisotopic (exact) mass is 359 g/mol. The number of hydrogen-bond donors (Lipinski definition) is 0. The zero-order chi connectivity index (χ0) is 18.0. The highest BCUT2D eigenvalue weighted by molar-refractivity contribution is 6.34. The second-order valence-corrected chi connectivity index (χ2v) is 6.59. The summed E-state index contributed by atoms with van der Waals surface area (Å²) in [7, 11) is 3.73. The van der Waals surface area contributed by atoms with Crippen molar-refractivity contribution in [1.82, 2.24) is 4.90 Å². The third kappa shape index (κ3) is 3.82. The Morgan fingerprint density at radius 3 is 2.80 bits per heavy atom. The van der Waals surface area contributed by atoms with E-state index in [0.717, 1.165) is 16.8 Å². The molecule has 0 aromatic heterocycles. The van der Waals surface area contributed by atoms with E-state index in [0.29, 0.717) is 22.7 Å². The Morgan fingerprint density at radius 1 is 1.32 bits per heavy atom. The SMILES string of the molecule is Cc1cc(C2CC(c3ccccc3Cl)=NO2)c(F)cc1N=CN(C)C. The van der Waals surface area contributed by atoms with Crippen LogP contribution in [-0.2, 0) is 4.84 Å². The van der Waals surface area contributed by atoms with Crippen LogP contribution >= 0.6 is 11.6 Å². The molecule has 0 saturated heterocycles. The van der Waals surface area contributed by atoms with E-state index in [1.54, 1.807) is 23.4 Å². The maximum atomic E-state index is 14.6. The Hall–Kier alpha value is -2.40. The summed E-state index contributed by atoms with van der Waals surface area (Å²) >= 11 is 6.21. The van der Waals surface area contributed by atoms with Crippen LogP contribution in [0.1, 0.15) is 29.2 Å². The van der Waals surface area contributed by atoms with E-state index >= 15 is 0 Å². The van der Waals surface area contributed by atoms with Gasteiger partial charge in [0, 0.05) is 42.7 Å². The van der Waals surface area contributed by atoms with Gasteiger partial charge in [0.2, 0.25) is 0 Å². The van der Waals surface area contributed by atoms with Crippen molar-refractivity contribution < 1.29 is 9.23 Å². The quantitative estimate of drug-likeness (QED) is 0.576. The molecule has 6 heteroatoms. The fraction of sp³-hybridized carbons (Fsp3) is 0.263. The molecule has 0 amide bonds. The first-order valence-corrected chi connectivity index (χ1v) is 8.31. The van der Waals surface area contributed by atoms with Crippen LogP contribution in [0.25, 0.3) is 0 Å². The van der Waals surface area contributed by atoms with Crippen LogP contribution in [0.4, 0.5) is 10.1 Å².